The van der Waals surface area contributed by atoms with Crippen LogP contribution in [0.1, 0.15) is 66.8 Å². The summed E-state index contributed by atoms with van der Waals surface area (Å²) >= 11 is 1.44. The molecule has 1 amide bonds. The largest absolute Gasteiger partial charge is 0.333 e. The molecule has 1 atom stereocenters. The first-order valence-corrected chi connectivity index (χ1v) is 10.2. The standard InChI is InChI=1S/C21H30N2OS/c1-3-5-6-10-17-11-7-8-12-18(17)14-15-21(22,4-2)23-20(24)19-13-9-16-25-19/h7-9,11-13,16H,3-6,10,14-15,22H2,1-2H3,(H,23,24). The Balaban J connectivity index is 1.98. The van der Waals surface area contributed by atoms with Crippen molar-refractivity contribution in [2.75, 3.05) is 0 Å². The molecule has 0 spiro atoms. The molecule has 1 aromatic carbocycles. The summed E-state index contributed by atoms with van der Waals surface area (Å²) in [4.78, 5) is 13.1. The number of nitrogens with two attached hydrogens (primary N) is 1. The van der Waals surface area contributed by atoms with Crippen LogP contribution in [0.3, 0.4) is 0 Å². The summed E-state index contributed by atoms with van der Waals surface area (Å²) in [6.07, 6.45) is 7.18. The van der Waals surface area contributed by atoms with E-state index in [1.807, 2.05) is 24.4 Å². The fraction of sp³-hybridized carbons (Fsp3) is 0.476. The Morgan fingerprint density at radius 1 is 1.08 bits per heavy atom. The summed E-state index contributed by atoms with van der Waals surface area (Å²) in [6, 6.07) is 12.3. The maximum absolute atomic E-state index is 12.4. The number of hydrogen-bond acceptors (Lipinski definition) is 3. The first-order valence-electron chi connectivity index (χ1n) is 9.29. The van der Waals surface area contributed by atoms with Gasteiger partial charge < -0.3 is 11.1 Å². The molecule has 1 aromatic heterocycles. The highest BCUT2D eigenvalue weighted by atomic mass is 32.1. The minimum absolute atomic E-state index is 0.0735. The van der Waals surface area contributed by atoms with Crippen molar-refractivity contribution in [1.82, 2.24) is 5.32 Å². The third-order valence-electron chi connectivity index (χ3n) is 4.75. The molecule has 0 radical (unpaired) electrons. The van der Waals surface area contributed by atoms with Gasteiger partial charge in [-0.15, -0.1) is 11.3 Å². The second-order valence-corrected chi connectivity index (χ2v) is 7.61. The molecule has 0 bridgehead atoms. The lowest BCUT2D eigenvalue weighted by molar-refractivity contribution is 0.0896. The molecule has 3 N–H and O–H groups in total. The Morgan fingerprint density at radius 3 is 2.40 bits per heavy atom. The van der Waals surface area contributed by atoms with Gasteiger partial charge in [0.25, 0.3) is 5.91 Å². The van der Waals surface area contributed by atoms with Crippen molar-refractivity contribution in [3.63, 3.8) is 0 Å². The first-order chi connectivity index (χ1) is 12.1. The van der Waals surface area contributed by atoms with E-state index in [-0.39, 0.29) is 5.91 Å². The van der Waals surface area contributed by atoms with Crippen molar-refractivity contribution in [2.45, 2.75) is 64.5 Å². The van der Waals surface area contributed by atoms with Crippen molar-refractivity contribution in [3.05, 3.63) is 57.8 Å². The van der Waals surface area contributed by atoms with Gasteiger partial charge in [-0.3, -0.25) is 4.79 Å². The molecule has 25 heavy (non-hydrogen) atoms. The number of carbonyl (C=O) groups excluding carboxylic acids is 1. The SMILES string of the molecule is CCCCCc1ccccc1CCC(N)(CC)NC(=O)c1cccs1. The Kier molecular flexibility index (Phi) is 7.66. The molecule has 1 heterocycles. The highest BCUT2D eigenvalue weighted by molar-refractivity contribution is 7.12. The van der Waals surface area contributed by atoms with Gasteiger partial charge in [-0.2, -0.15) is 0 Å². The fourth-order valence-corrected chi connectivity index (χ4v) is 3.61. The van der Waals surface area contributed by atoms with Crippen molar-refractivity contribution in [3.8, 4) is 0 Å². The van der Waals surface area contributed by atoms with Crippen molar-refractivity contribution in [1.29, 1.82) is 0 Å². The van der Waals surface area contributed by atoms with Gasteiger partial charge in [-0.05, 0) is 54.7 Å². The topological polar surface area (TPSA) is 55.1 Å². The van der Waals surface area contributed by atoms with E-state index in [0.29, 0.717) is 11.3 Å². The highest BCUT2D eigenvalue weighted by Gasteiger charge is 2.25. The van der Waals surface area contributed by atoms with Crippen LogP contribution in [-0.2, 0) is 12.8 Å². The third-order valence-corrected chi connectivity index (χ3v) is 5.62. The first kappa shape index (κ1) is 19.7. The van der Waals surface area contributed by atoms with Crippen LogP contribution in [0.4, 0.5) is 0 Å². The Bertz CT molecular complexity index is 654. The molecule has 136 valence electrons. The lowest BCUT2D eigenvalue weighted by Gasteiger charge is -2.29. The Morgan fingerprint density at radius 2 is 1.80 bits per heavy atom. The average Bonchev–Trinajstić information content (AvgIpc) is 3.16. The summed E-state index contributed by atoms with van der Waals surface area (Å²) < 4.78 is 0. The third kappa shape index (κ3) is 5.98. The molecule has 3 nitrogen and oxygen atoms in total. The summed E-state index contributed by atoms with van der Waals surface area (Å²) in [5, 5.41) is 4.95. The molecule has 0 saturated carbocycles. The lowest BCUT2D eigenvalue weighted by Crippen LogP contribution is -2.55. The van der Waals surface area contributed by atoms with E-state index < -0.39 is 5.66 Å². The molecule has 0 aliphatic carbocycles. The van der Waals surface area contributed by atoms with Gasteiger partial charge in [0.1, 0.15) is 0 Å². The van der Waals surface area contributed by atoms with Crippen LogP contribution in [0, 0.1) is 0 Å². The van der Waals surface area contributed by atoms with Gasteiger partial charge in [-0.1, -0.05) is 57.0 Å². The zero-order valence-electron chi connectivity index (χ0n) is 15.4. The number of hydrogen-bond donors (Lipinski definition) is 2. The number of aryl methyl sites for hydroxylation is 2. The van der Waals surface area contributed by atoms with E-state index in [9.17, 15) is 4.79 Å². The van der Waals surface area contributed by atoms with Gasteiger partial charge in [0.15, 0.2) is 0 Å². The van der Waals surface area contributed by atoms with Gasteiger partial charge >= 0.3 is 0 Å². The number of thiophene rings is 1. The predicted octanol–water partition coefficient (Wildman–Crippen LogP) is 4.91. The van der Waals surface area contributed by atoms with Crippen LogP contribution < -0.4 is 11.1 Å². The van der Waals surface area contributed by atoms with E-state index in [2.05, 4.69) is 36.5 Å². The normalized spacial score (nSPS) is 13.4. The van der Waals surface area contributed by atoms with Crippen LogP contribution in [0.5, 0.6) is 0 Å². The number of unbranched alkanes of at least 4 members (excludes halogenated alkanes) is 2. The zero-order valence-corrected chi connectivity index (χ0v) is 16.2. The second-order valence-electron chi connectivity index (χ2n) is 6.67. The van der Waals surface area contributed by atoms with Crippen molar-refractivity contribution < 1.29 is 4.79 Å². The Labute approximate surface area is 155 Å². The van der Waals surface area contributed by atoms with Crippen molar-refractivity contribution >= 4 is 17.2 Å². The minimum Gasteiger partial charge on any atom is -0.333 e. The van der Waals surface area contributed by atoms with Crippen LogP contribution in [0.25, 0.3) is 0 Å². The summed E-state index contributed by atoms with van der Waals surface area (Å²) in [7, 11) is 0. The van der Waals surface area contributed by atoms with Gasteiger partial charge in [0, 0.05) is 0 Å². The fourth-order valence-electron chi connectivity index (χ4n) is 2.99. The number of rotatable bonds is 10. The van der Waals surface area contributed by atoms with E-state index in [4.69, 9.17) is 5.73 Å². The molecule has 0 fully saturated rings. The number of amides is 1. The molecule has 0 aliphatic rings. The lowest BCUT2D eigenvalue weighted by atomic mass is 9.93. The van der Waals surface area contributed by atoms with E-state index in [1.54, 1.807) is 0 Å². The monoisotopic (exact) mass is 358 g/mol. The Hall–Kier alpha value is -1.65. The van der Waals surface area contributed by atoms with E-state index in [1.165, 1.54) is 41.7 Å². The molecule has 0 aliphatic heterocycles. The van der Waals surface area contributed by atoms with Crippen molar-refractivity contribution in [2.24, 2.45) is 5.73 Å². The van der Waals surface area contributed by atoms with Gasteiger partial charge in [-0.25, -0.2) is 0 Å². The summed E-state index contributed by atoms with van der Waals surface area (Å²) in [6.45, 7) is 4.26. The molecule has 1 unspecified atom stereocenters. The highest BCUT2D eigenvalue weighted by Crippen LogP contribution is 2.19. The molecular weight excluding hydrogens is 328 g/mol. The molecule has 4 heteroatoms. The predicted molar refractivity (Wildman–Crippen MR) is 107 cm³/mol. The second kappa shape index (κ2) is 9.73. The van der Waals surface area contributed by atoms with E-state index in [0.717, 1.165) is 19.3 Å². The number of carbonyl (C=O) groups is 1. The number of benzene rings is 1. The quantitative estimate of drug-likeness (QED) is 0.468. The molecule has 0 saturated heterocycles. The minimum atomic E-state index is -0.669. The molecule has 2 rings (SSSR count). The van der Waals surface area contributed by atoms with Crippen LogP contribution in [0.15, 0.2) is 41.8 Å². The van der Waals surface area contributed by atoms with Crippen LogP contribution in [-0.4, -0.2) is 11.6 Å². The van der Waals surface area contributed by atoms with Gasteiger partial charge in [0.05, 0.1) is 10.5 Å². The molecular formula is C21H30N2OS. The van der Waals surface area contributed by atoms with E-state index >= 15 is 0 Å². The smallest absolute Gasteiger partial charge is 0.262 e. The summed E-state index contributed by atoms with van der Waals surface area (Å²) in [5.74, 6) is -0.0735. The maximum atomic E-state index is 12.4. The molecule has 2 aromatic rings. The number of nitrogens with one attached hydrogen (secondary N) is 1. The zero-order chi connectivity index (χ0) is 18.1. The maximum Gasteiger partial charge on any atom is 0.262 e. The summed E-state index contributed by atoms with van der Waals surface area (Å²) in [5.41, 5.74) is 8.60. The van der Waals surface area contributed by atoms with Crippen LogP contribution in [0.2, 0.25) is 0 Å². The van der Waals surface area contributed by atoms with Gasteiger partial charge in [0.2, 0.25) is 0 Å². The average molecular weight is 359 g/mol. The van der Waals surface area contributed by atoms with Crippen LogP contribution >= 0.6 is 11.3 Å².